The van der Waals surface area contributed by atoms with E-state index in [0.29, 0.717) is 0 Å². The Morgan fingerprint density at radius 2 is 2.10 bits per heavy atom. The molecule has 0 aromatic rings. The molecule has 0 heterocycles. The van der Waals surface area contributed by atoms with Gasteiger partial charge in [0.2, 0.25) is 0 Å². The van der Waals surface area contributed by atoms with Crippen molar-refractivity contribution in [2.75, 3.05) is 0 Å². The van der Waals surface area contributed by atoms with Crippen molar-refractivity contribution in [1.29, 1.82) is 0 Å². The van der Waals surface area contributed by atoms with E-state index in [2.05, 4.69) is 26.5 Å². The van der Waals surface area contributed by atoms with Crippen molar-refractivity contribution in [3.05, 3.63) is 35.5 Å². The van der Waals surface area contributed by atoms with Crippen LogP contribution in [-0.2, 0) is 0 Å². The molecule has 0 saturated carbocycles. The average molecular weight is 134 g/mol. The maximum absolute atomic E-state index is 3.78. The van der Waals surface area contributed by atoms with E-state index in [-0.39, 0.29) is 0 Å². The predicted octanol–water partition coefficient (Wildman–Crippen LogP) is 3.23. The van der Waals surface area contributed by atoms with Gasteiger partial charge in [0.15, 0.2) is 0 Å². The first kappa shape index (κ1) is 7.33. The third kappa shape index (κ3) is 1.06. The lowest BCUT2D eigenvalue weighted by Gasteiger charge is -1.95. The first-order valence-corrected chi connectivity index (χ1v) is 3.77. The van der Waals surface area contributed by atoms with Crippen LogP contribution in [0.4, 0.5) is 0 Å². The molecule has 0 radical (unpaired) electrons. The van der Waals surface area contributed by atoms with Gasteiger partial charge in [0.05, 0.1) is 0 Å². The minimum absolute atomic E-state index is 1.19. The molecule has 0 aliphatic heterocycles. The van der Waals surface area contributed by atoms with E-state index in [0.717, 1.165) is 0 Å². The molecule has 0 nitrogen and oxygen atoms in total. The van der Waals surface area contributed by atoms with Gasteiger partial charge in [0.25, 0.3) is 0 Å². The summed E-state index contributed by atoms with van der Waals surface area (Å²) in [6.07, 6.45) is 6.58. The molecular weight excluding hydrogens is 120 g/mol. The van der Waals surface area contributed by atoms with Crippen LogP contribution in [0.2, 0.25) is 0 Å². The SMILES string of the molecule is C=CC1=C(C)C(=CC)CC1. The van der Waals surface area contributed by atoms with Crippen LogP contribution in [0.25, 0.3) is 0 Å². The molecule has 54 valence electrons. The van der Waals surface area contributed by atoms with Crippen molar-refractivity contribution in [2.24, 2.45) is 0 Å². The molecule has 1 aliphatic rings. The largest absolute Gasteiger partial charge is 0.0988 e. The Balaban J connectivity index is 2.94. The average Bonchev–Trinajstić information content (AvgIpc) is 2.30. The molecule has 0 saturated heterocycles. The van der Waals surface area contributed by atoms with Gasteiger partial charge in [-0.05, 0) is 43.4 Å². The van der Waals surface area contributed by atoms with Crippen molar-refractivity contribution in [3.63, 3.8) is 0 Å². The molecule has 0 heteroatoms. The molecule has 0 bridgehead atoms. The monoisotopic (exact) mass is 134 g/mol. The molecule has 0 aromatic carbocycles. The highest BCUT2D eigenvalue weighted by molar-refractivity contribution is 5.43. The first-order valence-electron chi connectivity index (χ1n) is 3.77. The first-order chi connectivity index (χ1) is 4.79. The van der Waals surface area contributed by atoms with Crippen LogP contribution < -0.4 is 0 Å². The summed E-state index contributed by atoms with van der Waals surface area (Å²) < 4.78 is 0. The third-order valence-electron chi connectivity index (χ3n) is 2.22. The predicted molar refractivity (Wildman–Crippen MR) is 45.9 cm³/mol. The fraction of sp³-hybridized carbons (Fsp3) is 0.400. The van der Waals surface area contributed by atoms with Crippen LogP contribution in [0.1, 0.15) is 26.7 Å². The molecule has 1 rings (SSSR count). The fourth-order valence-corrected chi connectivity index (χ4v) is 1.47. The molecular formula is C10H14. The van der Waals surface area contributed by atoms with Crippen LogP contribution in [0.3, 0.4) is 0 Å². The zero-order valence-electron chi connectivity index (χ0n) is 6.78. The Kier molecular flexibility index (Phi) is 2.10. The van der Waals surface area contributed by atoms with Gasteiger partial charge in [0.1, 0.15) is 0 Å². The lowest BCUT2D eigenvalue weighted by atomic mass is 10.1. The number of rotatable bonds is 1. The van der Waals surface area contributed by atoms with E-state index >= 15 is 0 Å². The van der Waals surface area contributed by atoms with Gasteiger partial charge in [-0.25, -0.2) is 0 Å². The van der Waals surface area contributed by atoms with Gasteiger partial charge >= 0.3 is 0 Å². The van der Waals surface area contributed by atoms with E-state index in [4.69, 9.17) is 0 Å². The standard InChI is InChI=1S/C10H14/c1-4-9-6-7-10(5-2)8(9)3/h4-5H,1,6-7H2,2-3H3. The van der Waals surface area contributed by atoms with Crippen molar-refractivity contribution >= 4 is 0 Å². The topological polar surface area (TPSA) is 0 Å². The minimum atomic E-state index is 1.19. The number of allylic oxidation sites excluding steroid dienone is 5. The summed E-state index contributed by atoms with van der Waals surface area (Å²) in [4.78, 5) is 0. The Bertz CT molecular complexity index is 204. The Hall–Kier alpha value is -0.780. The van der Waals surface area contributed by atoms with Gasteiger partial charge in [-0.15, -0.1) is 0 Å². The van der Waals surface area contributed by atoms with Crippen LogP contribution in [-0.4, -0.2) is 0 Å². The van der Waals surface area contributed by atoms with Gasteiger partial charge in [-0.1, -0.05) is 18.7 Å². The van der Waals surface area contributed by atoms with E-state index < -0.39 is 0 Å². The Morgan fingerprint density at radius 3 is 2.40 bits per heavy atom. The Morgan fingerprint density at radius 1 is 1.40 bits per heavy atom. The van der Waals surface area contributed by atoms with E-state index in [1.807, 2.05) is 6.08 Å². The van der Waals surface area contributed by atoms with Crippen LogP contribution >= 0.6 is 0 Å². The van der Waals surface area contributed by atoms with Crippen LogP contribution in [0.15, 0.2) is 35.5 Å². The fourth-order valence-electron chi connectivity index (χ4n) is 1.47. The molecule has 0 spiro atoms. The lowest BCUT2D eigenvalue weighted by molar-refractivity contribution is 1.03. The molecule has 0 unspecified atom stereocenters. The second kappa shape index (κ2) is 2.87. The summed E-state index contributed by atoms with van der Waals surface area (Å²) in [6, 6.07) is 0. The minimum Gasteiger partial charge on any atom is -0.0988 e. The highest BCUT2D eigenvalue weighted by atomic mass is 14.2. The van der Waals surface area contributed by atoms with Gasteiger partial charge in [-0.2, -0.15) is 0 Å². The zero-order valence-corrected chi connectivity index (χ0v) is 6.78. The van der Waals surface area contributed by atoms with Gasteiger partial charge in [0, 0.05) is 0 Å². The van der Waals surface area contributed by atoms with Crippen LogP contribution in [0, 0.1) is 0 Å². The maximum atomic E-state index is 3.78. The molecule has 1 aliphatic carbocycles. The third-order valence-corrected chi connectivity index (χ3v) is 2.22. The normalized spacial score (nSPS) is 22.4. The van der Waals surface area contributed by atoms with Crippen molar-refractivity contribution in [3.8, 4) is 0 Å². The second-order valence-corrected chi connectivity index (χ2v) is 2.67. The van der Waals surface area contributed by atoms with Crippen LogP contribution in [0.5, 0.6) is 0 Å². The quantitative estimate of drug-likeness (QED) is 0.516. The summed E-state index contributed by atoms with van der Waals surface area (Å²) >= 11 is 0. The molecule has 0 N–H and O–H groups in total. The molecule has 10 heavy (non-hydrogen) atoms. The molecule has 0 fully saturated rings. The van der Waals surface area contributed by atoms with Crippen molar-refractivity contribution in [2.45, 2.75) is 26.7 Å². The molecule has 0 atom stereocenters. The van der Waals surface area contributed by atoms with E-state index in [1.54, 1.807) is 0 Å². The second-order valence-electron chi connectivity index (χ2n) is 2.67. The Labute approximate surface area is 62.9 Å². The number of hydrogen-bond donors (Lipinski definition) is 0. The summed E-state index contributed by atoms with van der Waals surface area (Å²) in [7, 11) is 0. The highest BCUT2D eigenvalue weighted by Gasteiger charge is 2.11. The summed E-state index contributed by atoms with van der Waals surface area (Å²) in [5.74, 6) is 0. The van der Waals surface area contributed by atoms with Crippen molar-refractivity contribution < 1.29 is 0 Å². The van der Waals surface area contributed by atoms with Gasteiger partial charge < -0.3 is 0 Å². The summed E-state index contributed by atoms with van der Waals surface area (Å²) in [6.45, 7) is 8.06. The smallest absolute Gasteiger partial charge is 0.0236 e. The van der Waals surface area contributed by atoms with E-state index in [1.165, 1.54) is 29.6 Å². The van der Waals surface area contributed by atoms with E-state index in [9.17, 15) is 0 Å². The number of hydrogen-bond acceptors (Lipinski definition) is 0. The van der Waals surface area contributed by atoms with Crippen molar-refractivity contribution in [1.82, 2.24) is 0 Å². The summed E-state index contributed by atoms with van der Waals surface area (Å²) in [5.41, 5.74) is 4.36. The summed E-state index contributed by atoms with van der Waals surface area (Å²) in [5, 5.41) is 0. The zero-order chi connectivity index (χ0) is 7.56. The highest BCUT2D eigenvalue weighted by Crippen LogP contribution is 2.30. The lowest BCUT2D eigenvalue weighted by Crippen LogP contribution is -1.75. The molecule has 0 amide bonds. The van der Waals surface area contributed by atoms with Gasteiger partial charge in [-0.3, -0.25) is 0 Å². The maximum Gasteiger partial charge on any atom is -0.0236 e. The molecule has 0 aromatic heterocycles.